The van der Waals surface area contributed by atoms with Gasteiger partial charge in [0, 0.05) is 23.7 Å². The quantitative estimate of drug-likeness (QED) is 0.485. The Hall–Kier alpha value is -3.14. The van der Waals surface area contributed by atoms with E-state index in [0.717, 1.165) is 53.2 Å². The highest BCUT2D eigenvalue weighted by molar-refractivity contribution is 5.80. The molecule has 0 saturated carbocycles. The third-order valence-electron chi connectivity index (χ3n) is 4.46. The number of fused-ring (bicyclic) bond motifs is 1. The maximum Gasteiger partial charge on any atom is 0.165 e. The number of hydrogen-bond donors (Lipinski definition) is 1. The predicted octanol–water partition coefficient (Wildman–Crippen LogP) is 5.28. The fourth-order valence-electron chi connectivity index (χ4n) is 3.06. The van der Waals surface area contributed by atoms with E-state index in [1.807, 2.05) is 47.1 Å². The Morgan fingerprint density at radius 3 is 2.31 bits per heavy atom. The first kappa shape index (κ1) is 16.3. The van der Waals surface area contributed by atoms with Crippen LogP contribution in [0.4, 0.5) is 5.82 Å². The second-order valence-electron chi connectivity index (χ2n) is 6.33. The number of hydrogen-bond acceptors (Lipinski definition) is 3. The smallest absolute Gasteiger partial charge is 0.165 e. The molecule has 0 radical (unpaired) electrons. The molecule has 4 nitrogen and oxygen atoms in total. The van der Waals surface area contributed by atoms with E-state index in [1.165, 1.54) is 0 Å². The minimum Gasteiger partial charge on any atom is -0.370 e. The molecule has 4 heteroatoms. The van der Waals surface area contributed by atoms with Crippen molar-refractivity contribution in [3.05, 3.63) is 72.9 Å². The Morgan fingerprint density at radius 1 is 0.923 bits per heavy atom. The van der Waals surface area contributed by atoms with Crippen molar-refractivity contribution in [1.82, 2.24) is 14.6 Å². The molecule has 0 aliphatic carbocycles. The molecule has 2 aromatic carbocycles. The molecule has 0 amide bonds. The van der Waals surface area contributed by atoms with Gasteiger partial charge in [-0.3, -0.25) is 0 Å². The van der Waals surface area contributed by atoms with Gasteiger partial charge in [-0.15, -0.1) is 0 Å². The molecule has 0 saturated heterocycles. The van der Waals surface area contributed by atoms with Crippen LogP contribution in [0, 0.1) is 0 Å². The molecule has 4 rings (SSSR count). The normalized spacial score (nSPS) is 11.0. The van der Waals surface area contributed by atoms with Crippen molar-refractivity contribution in [2.45, 2.75) is 19.8 Å². The standard InChI is InChI=1S/C22H22N4/c1-2-3-14-23-21-15-20(18-12-8-5-9-13-18)25-22-19(16-24-26(21)22)17-10-6-4-7-11-17/h4-13,15-16,23H,2-3,14H2,1H3. The van der Waals surface area contributed by atoms with E-state index >= 15 is 0 Å². The molecular weight excluding hydrogens is 320 g/mol. The van der Waals surface area contributed by atoms with Gasteiger partial charge < -0.3 is 5.32 Å². The zero-order valence-corrected chi connectivity index (χ0v) is 14.9. The van der Waals surface area contributed by atoms with Crippen LogP contribution >= 0.6 is 0 Å². The number of unbranched alkanes of at least 4 members (excludes halogenated alkanes) is 1. The SMILES string of the molecule is CCCCNc1cc(-c2ccccc2)nc2c(-c3ccccc3)cnn12. The highest BCUT2D eigenvalue weighted by Gasteiger charge is 2.13. The summed E-state index contributed by atoms with van der Waals surface area (Å²) in [6, 6.07) is 22.7. The van der Waals surface area contributed by atoms with Crippen LogP contribution in [0.1, 0.15) is 19.8 Å². The number of aromatic nitrogens is 3. The number of nitrogens with one attached hydrogen (secondary N) is 1. The van der Waals surface area contributed by atoms with Crippen LogP contribution in [-0.4, -0.2) is 21.1 Å². The van der Waals surface area contributed by atoms with Crippen LogP contribution in [0.15, 0.2) is 72.9 Å². The molecule has 0 unspecified atom stereocenters. The zero-order chi connectivity index (χ0) is 17.8. The molecule has 2 aromatic heterocycles. The zero-order valence-electron chi connectivity index (χ0n) is 14.9. The van der Waals surface area contributed by atoms with Crippen LogP contribution in [0.3, 0.4) is 0 Å². The van der Waals surface area contributed by atoms with E-state index in [0.29, 0.717) is 0 Å². The van der Waals surface area contributed by atoms with E-state index in [9.17, 15) is 0 Å². The summed E-state index contributed by atoms with van der Waals surface area (Å²) in [5, 5.41) is 8.12. The third-order valence-corrected chi connectivity index (χ3v) is 4.46. The van der Waals surface area contributed by atoms with Crippen LogP contribution < -0.4 is 5.32 Å². The minimum atomic E-state index is 0.872. The van der Waals surface area contributed by atoms with Crippen LogP contribution in [0.2, 0.25) is 0 Å². The monoisotopic (exact) mass is 342 g/mol. The van der Waals surface area contributed by atoms with Gasteiger partial charge in [-0.05, 0) is 12.0 Å². The first-order valence-electron chi connectivity index (χ1n) is 9.10. The molecule has 2 heterocycles. The van der Waals surface area contributed by atoms with Gasteiger partial charge >= 0.3 is 0 Å². The average molecular weight is 342 g/mol. The summed E-state index contributed by atoms with van der Waals surface area (Å²) < 4.78 is 1.91. The lowest BCUT2D eigenvalue weighted by molar-refractivity contribution is 0.820. The summed E-state index contributed by atoms with van der Waals surface area (Å²) in [5.41, 5.74) is 5.10. The van der Waals surface area contributed by atoms with Gasteiger partial charge in [-0.1, -0.05) is 74.0 Å². The Kier molecular flexibility index (Phi) is 4.65. The number of nitrogens with zero attached hydrogens (tertiary/aromatic N) is 3. The van der Waals surface area contributed by atoms with Crippen molar-refractivity contribution < 1.29 is 0 Å². The van der Waals surface area contributed by atoms with E-state index < -0.39 is 0 Å². The van der Waals surface area contributed by atoms with E-state index in [2.05, 4.69) is 47.7 Å². The first-order valence-corrected chi connectivity index (χ1v) is 9.10. The van der Waals surface area contributed by atoms with Crippen LogP contribution in [0.5, 0.6) is 0 Å². The molecule has 26 heavy (non-hydrogen) atoms. The van der Waals surface area contributed by atoms with Crippen molar-refractivity contribution in [2.24, 2.45) is 0 Å². The second kappa shape index (κ2) is 7.40. The molecule has 0 aliphatic heterocycles. The fraction of sp³-hybridized carbons (Fsp3) is 0.182. The lowest BCUT2D eigenvalue weighted by Crippen LogP contribution is -2.08. The molecule has 0 spiro atoms. The van der Waals surface area contributed by atoms with Crippen molar-refractivity contribution in [3.8, 4) is 22.4 Å². The minimum absolute atomic E-state index is 0.872. The number of benzene rings is 2. The van der Waals surface area contributed by atoms with Gasteiger partial charge in [0.05, 0.1) is 11.9 Å². The van der Waals surface area contributed by atoms with Gasteiger partial charge in [-0.2, -0.15) is 9.61 Å². The molecule has 0 atom stereocenters. The first-order chi connectivity index (χ1) is 12.9. The number of anilines is 1. The van der Waals surface area contributed by atoms with Crippen LogP contribution in [0.25, 0.3) is 28.0 Å². The van der Waals surface area contributed by atoms with Crippen molar-refractivity contribution >= 4 is 11.5 Å². The van der Waals surface area contributed by atoms with Crippen LogP contribution in [-0.2, 0) is 0 Å². The second-order valence-corrected chi connectivity index (χ2v) is 6.33. The van der Waals surface area contributed by atoms with Gasteiger partial charge in [0.2, 0.25) is 0 Å². The third kappa shape index (κ3) is 3.18. The van der Waals surface area contributed by atoms with Gasteiger partial charge in [0.25, 0.3) is 0 Å². The summed E-state index contributed by atoms with van der Waals surface area (Å²) in [7, 11) is 0. The maximum absolute atomic E-state index is 4.93. The fourth-order valence-corrected chi connectivity index (χ4v) is 3.06. The lowest BCUT2D eigenvalue weighted by atomic mass is 10.1. The maximum atomic E-state index is 4.93. The van der Waals surface area contributed by atoms with Crippen molar-refractivity contribution in [1.29, 1.82) is 0 Å². The average Bonchev–Trinajstić information content (AvgIpc) is 3.14. The van der Waals surface area contributed by atoms with Crippen molar-refractivity contribution in [2.75, 3.05) is 11.9 Å². The van der Waals surface area contributed by atoms with E-state index in [1.54, 1.807) is 0 Å². The largest absolute Gasteiger partial charge is 0.370 e. The summed E-state index contributed by atoms with van der Waals surface area (Å²) in [5.74, 6) is 0.976. The Bertz CT molecular complexity index is 991. The Labute approximate surface area is 153 Å². The van der Waals surface area contributed by atoms with E-state index in [4.69, 9.17) is 4.98 Å². The molecule has 0 aliphatic rings. The van der Waals surface area contributed by atoms with E-state index in [-0.39, 0.29) is 0 Å². The molecule has 0 fully saturated rings. The summed E-state index contributed by atoms with van der Waals surface area (Å²) in [6.45, 7) is 3.12. The molecule has 4 aromatic rings. The van der Waals surface area contributed by atoms with Gasteiger partial charge in [0.15, 0.2) is 5.65 Å². The topological polar surface area (TPSA) is 42.2 Å². The molecular formula is C22H22N4. The molecule has 130 valence electrons. The summed E-state index contributed by atoms with van der Waals surface area (Å²) >= 11 is 0. The Morgan fingerprint density at radius 2 is 1.62 bits per heavy atom. The molecule has 1 N–H and O–H groups in total. The Balaban J connectivity index is 1.87. The van der Waals surface area contributed by atoms with Crippen molar-refractivity contribution in [3.63, 3.8) is 0 Å². The van der Waals surface area contributed by atoms with Gasteiger partial charge in [0.1, 0.15) is 5.82 Å². The highest BCUT2D eigenvalue weighted by Crippen LogP contribution is 2.28. The predicted molar refractivity (Wildman–Crippen MR) is 107 cm³/mol. The summed E-state index contributed by atoms with van der Waals surface area (Å²) in [6.07, 6.45) is 4.18. The summed E-state index contributed by atoms with van der Waals surface area (Å²) in [4.78, 5) is 4.93. The van der Waals surface area contributed by atoms with Gasteiger partial charge in [-0.25, -0.2) is 4.98 Å². The molecule has 0 bridgehead atoms. The highest BCUT2D eigenvalue weighted by atomic mass is 15.3. The lowest BCUT2D eigenvalue weighted by Gasteiger charge is -2.11. The number of rotatable bonds is 6.